The molecular weight excluding hydrogens is 312 g/mol. The smallest absolute Gasteiger partial charge is 0.0945 e. The quantitative estimate of drug-likeness (QED) is 0.695. The van der Waals surface area contributed by atoms with Crippen molar-refractivity contribution >= 4 is 0 Å². The van der Waals surface area contributed by atoms with Crippen LogP contribution in [0, 0.1) is 0 Å². The topological polar surface area (TPSA) is 59.2 Å². The Balaban J connectivity index is 1.12. The molecule has 25 heavy (non-hydrogen) atoms. The number of piperidine rings is 2. The molecule has 4 rings (SSSR count). The molecule has 2 aliphatic heterocycles. The van der Waals surface area contributed by atoms with Gasteiger partial charge in [0, 0.05) is 56.7 Å². The van der Waals surface area contributed by atoms with Crippen molar-refractivity contribution in [2.24, 2.45) is 0 Å². The van der Waals surface area contributed by atoms with Crippen molar-refractivity contribution in [1.82, 2.24) is 30.4 Å². The van der Waals surface area contributed by atoms with Gasteiger partial charge in [0.15, 0.2) is 0 Å². The molecule has 2 saturated heterocycles. The molecule has 2 atom stereocenters. The molecule has 1 aromatic rings. The molecule has 1 aromatic heterocycles. The Morgan fingerprint density at radius 3 is 2.64 bits per heavy atom. The normalized spacial score (nSPS) is 29.1. The van der Waals surface area contributed by atoms with E-state index in [0.717, 1.165) is 25.7 Å². The summed E-state index contributed by atoms with van der Waals surface area (Å²) in [7, 11) is 0. The molecular formula is C19H33N6. The first-order valence-corrected chi connectivity index (χ1v) is 10.2. The fourth-order valence-corrected chi connectivity index (χ4v) is 4.21. The summed E-state index contributed by atoms with van der Waals surface area (Å²) in [5, 5.41) is 12.5. The van der Waals surface area contributed by atoms with Gasteiger partial charge in [0.05, 0.1) is 12.5 Å². The van der Waals surface area contributed by atoms with Crippen LogP contribution in [0.15, 0.2) is 18.7 Å². The van der Waals surface area contributed by atoms with Gasteiger partial charge in [0.25, 0.3) is 0 Å². The van der Waals surface area contributed by atoms with Crippen LogP contribution in [0.25, 0.3) is 0 Å². The lowest BCUT2D eigenvalue weighted by Crippen LogP contribution is -2.54. The van der Waals surface area contributed by atoms with Crippen LogP contribution >= 0.6 is 0 Å². The third-order valence-electron chi connectivity index (χ3n) is 5.90. The van der Waals surface area contributed by atoms with Crippen LogP contribution in [-0.4, -0.2) is 64.9 Å². The van der Waals surface area contributed by atoms with Gasteiger partial charge in [0.2, 0.25) is 0 Å². The molecule has 3 aliphatic rings. The Bertz CT molecular complexity index is 492. The second kappa shape index (κ2) is 8.62. The lowest BCUT2D eigenvalue weighted by Gasteiger charge is -2.41. The SMILES string of the molecule is c1cn(CCCNC2CCN(C3CC(NC4CC4)CC[N]3)CC2)cn1. The largest absolute Gasteiger partial charge is 0.337 e. The maximum Gasteiger partial charge on any atom is 0.0945 e. The molecule has 0 amide bonds. The van der Waals surface area contributed by atoms with Crippen molar-refractivity contribution in [2.75, 3.05) is 26.2 Å². The molecule has 1 aliphatic carbocycles. The molecule has 6 nitrogen and oxygen atoms in total. The van der Waals surface area contributed by atoms with Crippen molar-refractivity contribution in [1.29, 1.82) is 0 Å². The van der Waals surface area contributed by atoms with Crippen LogP contribution in [-0.2, 0) is 6.54 Å². The molecule has 1 radical (unpaired) electrons. The average molecular weight is 346 g/mol. The summed E-state index contributed by atoms with van der Waals surface area (Å²) in [6, 6.07) is 2.21. The van der Waals surface area contributed by atoms with Gasteiger partial charge < -0.3 is 15.2 Å². The zero-order valence-electron chi connectivity index (χ0n) is 15.3. The fourth-order valence-electron chi connectivity index (χ4n) is 4.21. The van der Waals surface area contributed by atoms with Crippen LogP contribution in [0.1, 0.15) is 44.9 Å². The minimum Gasteiger partial charge on any atom is -0.337 e. The number of nitrogens with one attached hydrogen (secondary N) is 2. The van der Waals surface area contributed by atoms with Gasteiger partial charge in [-0.05, 0) is 51.5 Å². The second-order valence-corrected chi connectivity index (χ2v) is 7.97. The van der Waals surface area contributed by atoms with E-state index < -0.39 is 0 Å². The van der Waals surface area contributed by atoms with E-state index in [1.165, 1.54) is 58.0 Å². The number of rotatable bonds is 8. The standard InChI is InChI=1S/C19H33N6/c1(10-24-13-9-20-15-24)7-21-16-5-11-25(12-6-16)19-14-18(4-8-22-19)23-17-2-3-17/h9,13,15-19,21,23H,1-8,10-12,14H2. The van der Waals surface area contributed by atoms with E-state index >= 15 is 0 Å². The molecule has 0 bridgehead atoms. The lowest BCUT2D eigenvalue weighted by atomic mass is 9.99. The molecule has 6 heteroatoms. The van der Waals surface area contributed by atoms with Crippen molar-refractivity contribution in [3.8, 4) is 0 Å². The van der Waals surface area contributed by atoms with Crippen LogP contribution in [0.3, 0.4) is 0 Å². The predicted molar refractivity (Wildman–Crippen MR) is 99.4 cm³/mol. The monoisotopic (exact) mass is 345 g/mol. The zero-order valence-corrected chi connectivity index (χ0v) is 15.3. The highest BCUT2D eigenvalue weighted by Gasteiger charge is 2.32. The number of likely N-dealkylation sites (tertiary alicyclic amines) is 1. The van der Waals surface area contributed by atoms with E-state index in [-0.39, 0.29) is 0 Å². The van der Waals surface area contributed by atoms with Crippen LogP contribution < -0.4 is 16.0 Å². The minimum absolute atomic E-state index is 0.465. The Kier molecular flexibility index (Phi) is 6.02. The third-order valence-corrected chi connectivity index (χ3v) is 5.90. The maximum atomic E-state index is 4.92. The zero-order chi connectivity index (χ0) is 16.9. The molecule has 3 heterocycles. The molecule has 0 aromatic carbocycles. The Morgan fingerprint density at radius 2 is 1.88 bits per heavy atom. The fraction of sp³-hybridized carbons (Fsp3) is 0.842. The Labute approximate surface area is 151 Å². The molecule has 1 saturated carbocycles. The summed E-state index contributed by atoms with van der Waals surface area (Å²) < 4.78 is 2.15. The number of hydrogen-bond acceptors (Lipinski definition) is 4. The van der Waals surface area contributed by atoms with Crippen molar-refractivity contribution in [2.45, 2.75) is 75.8 Å². The lowest BCUT2D eigenvalue weighted by molar-refractivity contribution is 0.0867. The third kappa shape index (κ3) is 5.26. The van der Waals surface area contributed by atoms with Crippen molar-refractivity contribution in [3.05, 3.63) is 18.7 Å². The number of imidazole rings is 1. The van der Waals surface area contributed by atoms with Gasteiger partial charge >= 0.3 is 0 Å². The summed E-state index contributed by atoms with van der Waals surface area (Å²) in [5.74, 6) is 0. The summed E-state index contributed by atoms with van der Waals surface area (Å²) in [4.78, 5) is 6.72. The predicted octanol–water partition coefficient (Wildman–Crippen LogP) is 1.17. The number of hydrogen-bond donors (Lipinski definition) is 2. The van der Waals surface area contributed by atoms with Crippen LogP contribution in [0.2, 0.25) is 0 Å². The van der Waals surface area contributed by atoms with E-state index in [1.54, 1.807) is 0 Å². The molecule has 0 spiro atoms. The first-order chi connectivity index (χ1) is 12.4. The highest BCUT2D eigenvalue weighted by Crippen LogP contribution is 2.24. The summed E-state index contributed by atoms with van der Waals surface area (Å²) in [6.45, 7) is 5.60. The van der Waals surface area contributed by atoms with E-state index in [0.29, 0.717) is 18.2 Å². The van der Waals surface area contributed by atoms with Gasteiger partial charge in [0.1, 0.15) is 0 Å². The maximum absolute atomic E-state index is 4.92. The van der Waals surface area contributed by atoms with Gasteiger partial charge in [-0.2, -0.15) is 0 Å². The van der Waals surface area contributed by atoms with Gasteiger partial charge in [-0.1, -0.05) is 0 Å². The minimum atomic E-state index is 0.465. The summed E-state index contributed by atoms with van der Waals surface area (Å²) >= 11 is 0. The van der Waals surface area contributed by atoms with Crippen LogP contribution in [0.4, 0.5) is 0 Å². The highest BCUT2D eigenvalue weighted by atomic mass is 15.3. The Morgan fingerprint density at radius 1 is 1.00 bits per heavy atom. The summed E-state index contributed by atoms with van der Waals surface area (Å²) in [5.41, 5.74) is 0. The van der Waals surface area contributed by atoms with Gasteiger partial charge in [-0.3, -0.25) is 4.90 Å². The van der Waals surface area contributed by atoms with Crippen LogP contribution in [0.5, 0.6) is 0 Å². The molecule has 3 fully saturated rings. The molecule has 139 valence electrons. The second-order valence-electron chi connectivity index (χ2n) is 7.97. The Hall–Kier alpha value is -0.950. The van der Waals surface area contributed by atoms with E-state index in [2.05, 4.69) is 25.1 Å². The number of aryl methyl sites for hydroxylation is 1. The molecule has 2 unspecified atom stereocenters. The summed E-state index contributed by atoms with van der Waals surface area (Å²) in [6.07, 6.45) is 15.2. The number of nitrogens with zero attached hydrogens (tertiary/aromatic N) is 4. The average Bonchev–Trinajstić information content (AvgIpc) is 3.31. The first kappa shape index (κ1) is 17.5. The highest BCUT2D eigenvalue weighted by molar-refractivity contribution is 4.91. The van der Waals surface area contributed by atoms with Gasteiger partial charge in [-0.25, -0.2) is 10.3 Å². The van der Waals surface area contributed by atoms with E-state index in [1.807, 2.05) is 18.7 Å². The first-order valence-electron chi connectivity index (χ1n) is 10.2. The van der Waals surface area contributed by atoms with Gasteiger partial charge in [-0.15, -0.1) is 0 Å². The van der Waals surface area contributed by atoms with E-state index in [9.17, 15) is 0 Å². The van der Waals surface area contributed by atoms with Crippen molar-refractivity contribution < 1.29 is 0 Å². The van der Waals surface area contributed by atoms with Crippen molar-refractivity contribution in [3.63, 3.8) is 0 Å². The molecule has 2 N–H and O–H groups in total. The number of aromatic nitrogens is 2. The van der Waals surface area contributed by atoms with E-state index in [4.69, 9.17) is 5.32 Å².